The van der Waals surface area contributed by atoms with Gasteiger partial charge >= 0.3 is 0 Å². The first kappa shape index (κ1) is 22.9. The molecule has 1 aliphatic rings. The van der Waals surface area contributed by atoms with Crippen LogP contribution in [-0.2, 0) is 6.54 Å². The number of nitrogens with zero attached hydrogens (tertiary/aromatic N) is 6. The standard InChI is InChI=1S/C28H25N7O2/c1-29-22-9-12-35-25(14-22)24-5-6-26(36)34(28(24)33-35)17-20-3-2-4-21(13-20)27-31-15-23(16-32-27)37-18-19-7-10-30-11-8-19/h2-6,9,12-16,19,30H,7-8,10-11,17-18H2. The van der Waals surface area contributed by atoms with Gasteiger partial charge in [-0.3, -0.25) is 9.36 Å². The highest BCUT2D eigenvalue weighted by Gasteiger charge is 2.15. The Labute approximate surface area is 213 Å². The number of hydrogen-bond acceptors (Lipinski definition) is 6. The molecule has 1 aliphatic heterocycles. The number of ether oxygens (including phenoxy) is 1. The van der Waals surface area contributed by atoms with Gasteiger partial charge in [0, 0.05) is 23.2 Å². The Balaban J connectivity index is 1.24. The van der Waals surface area contributed by atoms with Crippen molar-refractivity contribution < 1.29 is 4.74 Å². The fourth-order valence-electron chi connectivity index (χ4n) is 4.76. The van der Waals surface area contributed by atoms with Crippen LogP contribution in [0, 0.1) is 12.5 Å². The number of nitrogens with one attached hydrogen (secondary N) is 1. The molecule has 0 radical (unpaired) electrons. The van der Waals surface area contributed by atoms with Gasteiger partial charge in [0.25, 0.3) is 5.56 Å². The molecule has 0 amide bonds. The second-order valence-corrected chi connectivity index (χ2v) is 9.27. The molecule has 0 unspecified atom stereocenters. The summed E-state index contributed by atoms with van der Waals surface area (Å²) in [5.41, 5.74) is 3.55. The van der Waals surface area contributed by atoms with Crippen LogP contribution in [0.15, 0.2) is 71.9 Å². The smallest absolute Gasteiger partial charge is 0.252 e. The summed E-state index contributed by atoms with van der Waals surface area (Å²) in [5.74, 6) is 1.83. The molecule has 0 aliphatic carbocycles. The minimum absolute atomic E-state index is 0.141. The second-order valence-electron chi connectivity index (χ2n) is 9.27. The molecule has 9 nitrogen and oxygen atoms in total. The second kappa shape index (κ2) is 9.84. The van der Waals surface area contributed by atoms with Crippen molar-refractivity contribution in [2.24, 2.45) is 5.92 Å². The van der Waals surface area contributed by atoms with Crippen LogP contribution in [0.25, 0.3) is 32.8 Å². The largest absolute Gasteiger partial charge is 0.490 e. The van der Waals surface area contributed by atoms with Crippen molar-refractivity contribution in [3.05, 3.63) is 94.5 Å². The molecule has 1 aromatic carbocycles. The average molecular weight is 492 g/mol. The molecule has 1 N–H and O–H groups in total. The summed E-state index contributed by atoms with van der Waals surface area (Å²) in [6.45, 7) is 10.4. The molecule has 0 spiro atoms. The van der Waals surface area contributed by atoms with Gasteiger partial charge in [-0.2, -0.15) is 0 Å². The Bertz CT molecular complexity index is 1680. The van der Waals surface area contributed by atoms with Crippen LogP contribution in [0.1, 0.15) is 18.4 Å². The fraction of sp³-hybridized carbons (Fsp3) is 0.250. The lowest BCUT2D eigenvalue weighted by Gasteiger charge is -2.22. The van der Waals surface area contributed by atoms with Gasteiger partial charge in [-0.1, -0.05) is 18.2 Å². The zero-order chi connectivity index (χ0) is 25.2. The number of aromatic nitrogens is 5. The van der Waals surface area contributed by atoms with Gasteiger partial charge in [-0.05, 0) is 61.7 Å². The maximum Gasteiger partial charge on any atom is 0.252 e. The molecule has 5 heterocycles. The summed E-state index contributed by atoms with van der Waals surface area (Å²) in [6, 6.07) is 14.7. The van der Waals surface area contributed by atoms with E-state index in [0.717, 1.165) is 48.0 Å². The highest BCUT2D eigenvalue weighted by atomic mass is 16.5. The molecule has 0 bridgehead atoms. The van der Waals surface area contributed by atoms with Crippen LogP contribution in [0.4, 0.5) is 5.69 Å². The molecule has 1 saturated heterocycles. The van der Waals surface area contributed by atoms with Crippen LogP contribution in [0.2, 0.25) is 0 Å². The lowest BCUT2D eigenvalue weighted by molar-refractivity contribution is 0.214. The van der Waals surface area contributed by atoms with Gasteiger partial charge in [-0.15, -0.1) is 5.10 Å². The predicted molar refractivity (Wildman–Crippen MR) is 141 cm³/mol. The van der Waals surface area contributed by atoms with Gasteiger partial charge in [0.2, 0.25) is 0 Å². The van der Waals surface area contributed by atoms with Crippen LogP contribution in [-0.4, -0.2) is 43.8 Å². The van der Waals surface area contributed by atoms with Crippen molar-refractivity contribution in [1.82, 2.24) is 29.5 Å². The van der Waals surface area contributed by atoms with E-state index in [9.17, 15) is 4.79 Å². The Morgan fingerprint density at radius 1 is 1.08 bits per heavy atom. The van der Waals surface area contributed by atoms with Crippen molar-refractivity contribution in [2.75, 3.05) is 19.7 Å². The molecular formula is C28H25N7O2. The molecular weight excluding hydrogens is 466 g/mol. The SMILES string of the molecule is [C-]#[N+]c1ccn2nc3c(ccc(=O)n3Cc3cccc(-c4ncc(OCC5CCNCC5)cn4)c3)c2c1. The maximum absolute atomic E-state index is 12.8. The molecule has 6 rings (SSSR count). The average Bonchev–Trinajstić information content (AvgIpc) is 3.32. The van der Waals surface area contributed by atoms with Crippen molar-refractivity contribution >= 4 is 22.2 Å². The van der Waals surface area contributed by atoms with Gasteiger partial charge in [0.15, 0.2) is 22.9 Å². The first-order valence-electron chi connectivity index (χ1n) is 12.3. The third-order valence-corrected chi connectivity index (χ3v) is 6.78. The van der Waals surface area contributed by atoms with E-state index in [-0.39, 0.29) is 5.56 Å². The van der Waals surface area contributed by atoms with Gasteiger partial charge in [0.1, 0.15) is 0 Å². The van der Waals surface area contributed by atoms with E-state index in [1.807, 2.05) is 24.3 Å². The fourth-order valence-corrected chi connectivity index (χ4v) is 4.76. The minimum atomic E-state index is -0.141. The van der Waals surface area contributed by atoms with E-state index in [1.54, 1.807) is 51.9 Å². The van der Waals surface area contributed by atoms with Gasteiger partial charge < -0.3 is 10.1 Å². The van der Waals surface area contributed by atoms with E-state index in [4.69, 9.17) is 11.3 Å². The Morgan fingerprint density at radius 3 is 2.73 bits per heavy atom. The molecule has 0 saturated carbocycles. The molecule has 9 heteroatoms. The first-order chi connectivity index (χ1) is 18.2. The van der Waals surface area contributed by atoms with Crippen molar-refractivity contribution in [3.63, 3.8) is 0 Å². The van der Waals surface area contributed by atoms with E-state index in [0.29, 0.717) is 42.0 Å². The van der Waals surface area contributed by atoms with Crippen molar-refractivity contribution in [3.8, 4) is 17.1 Å². The van der Waals surface area contributed by atoms with Crippen molar-refractivity contribution in [1.29, 1.82) is 0 Å². The van der Waals surface area contributed by atoms with Gasteiger partial charge in [-0.25, -0.2) is 19.3 Å². The molecule has 37 heavy (non-hydrogen) atoms. The van der Waals surface area contributed by atoms with E-state index in [2.05, 4.69) is 25.2 Å². The van der Waals surface area contributed by atoms with Crippen LogP contribution in [0.5, 0.6) is 5.75 Å². The molecule has 0 atom stereocenters. The summed E-state index contributed by atoms with van der Waals surface area (Å²) in [4.78, 5) is 25.4. The predicted octanol–water partition coefficient (Wildman–Crippen LogP) is 4.08. The summed E-state index contributed by atoms with van der Waals surface area (Å²) < 4.78 is 9.27. The Kier molecular flexibility index (Phi) is 6.08. The summed E-state index contributed by atoms with van der Waals surface area (Å²) >= 11 is 0. The zero-order valence-corrected chi connectivity index (χ0v) is 20.2. The van der Waals surface area contributed by atoms with E-state index in [1.165, 1.54) is 0 Å². The number of rotatable bonds is 6. The van der Waals surface area contributed by atoms with E-state index >= 15 is 0 Å². The topological polar surface area (TPSA) is 90.7 Å². The Morgan fingerprint density at radius 2 is 1.92 bits per heavy atom. The quantitative estimate of drug-likeness (QED) is 0.360. The highest BCUT2D eigenvalue weighted by Crippen LogP contribution is 2.24. The number of pyridine rings is 2. The molecule has 1 fully saturated rings. The number of benzene rings is 1. The number of piperidine rings is 1. The zero-order valence-electron chi connectivity index (χ0n) is 20.2. The maximum atomic E-state index is 12.8. The van der Waals surface area contributed by atoms with Crippen LogP contribution < -0.4 is 15.6 Å². The molecule has 4 aromatic heterocycles. The summed E-state index contributed by atoms with van der Waals surface area (Å²) in [7, 11) is 0. The Hall–Kier alpha value is -4.55. The number of fused-ring (bicyclic) bond motifs is 3. The molecule has 184 valence electrons. The first-order valence-corrected chi connectivity index (χ1v) is 12.3. The normalized spacial score (nSPS) is 14.1. The third kappa shape index (κ3) is 4.67. The highest BCUT2D eigenvalue weighted by molar-refractivity contribution is 5.93. The van der Waals surface area contributed by atoms with E-state index < -0.39 is 0 Å². The van der Waals surface area contributed by atoms with Gasteiger partial charge in [0.05, 0.1) is 37.6 Å². The molecule has 5 aromatic rings. The van der Waals surface area contributed by atoms with Crippen LogP contribution in [0.3, 0.4) is 0 Å². The third-order valence-electron chi connectivity index (χ3n) is 6.78. The summed E-state index contributed by atoms with van der Waals surface area (Å²) in [5, 5.41) is 8.81. The van der Waals surface area contributed by atoms with Crippen LogP contribution >= 0.6 is 0 Å². The number of hydrogen-bond donors (Lipinski definition) is 1. The lowest BCUT2D eigenvalue weighted by Crippen LogP contribution is -2.30. The van der Waals surface area contributed by atoms with Crippen molar-refractivity contribution in [2.45, 2.75) is 19.4 Å². The lowest BCUT2D eigenvalue weighted by atomic mass is 9.99. The summed E-state index contributed by atoms with van der Waals surface area (Å²) in [6.07, 6.45) is 7.43. The minimum Gasteiger partial charge on any atom is -0.490 e. The monoisotopic (exact) mass is 491 g/mol.